The first-order valence-electron chi connectivity index (χ1n) is 7.22. The Bertz CT molecular complexity index is 425. The van der Waals surface area contributed by atoms with Gasteiger partial charge in [-0.2, -0.15) is 0 Å². The fourth-order valence-electron chi connectivity index (χ4n) is 3.23. The molecule has 0 radical (unpaired) electrons. The summed E-state index contributed by atoms with van der Waals surface area (Å²) >= 11 is 0. The third-order valence-electron chi connectivity index (χ3n) is 4.39. The number of benzene rings is 1. The molecule has 1 aromatic carbocycles. The third kappa shape index (κ3) is 3.08. The number of rotatable bonds is 4. The molecule has 1 aromatic rings. The molecule has 0 atom stereocenters. The van der Waals surface area contributed by atoms with Crippen LogP contribution in [0.5, 0.6) is 5.75 Å². The van der Waals surface area contributed by atoms with Gasteiger partial charge in [0.05, 0.1) is 7.11 Å². The third-order valence-corrected chi connectivity index (χ3v) is 4.39. The van der Waals surface area contributed by atoms with Crippen molar-refractivity contribution in [3.8, 4) is 5.75 Å². The topological polar surface area (TPSA) is 35.2 Å². The largest absolute Gasteiger partial charge is 0.496 e. The smallest absolute Gasteiger partial charge is 0.124 e. The van der Waals surface area contributed by atoms with Crippen molar-refractivity contribution in [2.75, 3.05) is 7.11 Å². The lowest BCUT2D eigenvalue weighted by molar-refractivity contribution is 0.220. The van der Waals surface area contributed by atoms with Crippen LogP contribution in [0.4, 0.5) is 4.39 Å². The van der Waals surface area contributed by atoms with E-state index in [1.807, 2.05) is 0 Å². The zero-order chi connectivity index (χ0) is 13.9. The van der Waals surface area contributed by atoms with Crippen LogP contribution in [0.2, 0.25) is 0 Å². The van der Waals surface area contributed by atoms with Gasteiger partial charge in [-0.3, -0.25) is 0 Å². The van der Waals surface area contributed by atoms with Crippen LogP contribution in [0.1, 0.15) is 51.0 Å². The van der Waals surface area contributed by atoms with E-state index in [1.54, 1.807) is 19.2 Å². The molecule has 19 heavy (non-hydrogen) atoms. The summed E-state index contributed by atoms with van der Waals surface area (Å²) in [5, 5.41) is 0. The second-order valence-electron chi connectivity index (χ2n) is 5.73. The molecule has 0 aliphatic heterocycles. The maximum absolute atomic E-state index is 13.5. The van der Waals surface area contributed by atoms with E-state index >= 15 is 0 Å². The minimum absolute atomic E-state index is 0.240. The summed E-state index contributed by atoms with van der Waals surface area (Å²) in [5.74, 6) is 1.25. The van der Waals surface area contributed by atoms with Crippen molar-refractivity contribution in [1.29, 1.82) is 0 Å². The number of hydrogen-bond donors (Lipinski definition) is 1. The van der Waals surface area contributed by atoms with Gasteiger partial charge in [-0.25, -0.2) is 4.39 Å². The number of methoxy groups -OCH3 is 1. The number of ether oxygens (including phenoxy) is 1. The molecule has 106 valence electrons. The highest BCUT2D eigenvalue weighted by molar-refractivity contribution is 5.39. The summed E-state index contributed by atoms with van der Waals surface area (Å²) in [6, 6.07) is 4.64. The summed E-state index contributed by atoms with van der Waals surface area (Å²) in [6.45, 7) is 2.22. The minimum atomic E-state index is -0.433. The van der Waals surface area contributed by atoms with Crippen LogP contribution < -0.4 is 10.5 Å². The van der Waals surface area contributed by atoms with Crippen molar-refractivity contribution in [1.82, 2.24) is 0 Å². The average molecular weight is 265 g/mol. The molecule has 0 spiro atoms. The fraction of sp³-hybridized carbons (Fsp3) is 0.625. The molecular formula is C16H24FNO. The van der Waals surface area contributed by atoms with Crippen LogP contribution in [0, 0.1) is 11.7 Å². The van der Waals surface area contributed by atoms with E-state index in [1.165, 1.54) is 18.9 Å². The van der Waals surface area contributed by atoms with Crippen molar-refractivity contribution in [2.24, 2.45) is 11.7 Å². The molecule has 1 aliphatic rings. The molecule has 2 nitrogen and oxygen atoms in total. The van der Waals surface area contributed by atoms with Crippen molar-refractivity contribution in [3.05, 3.63) is 29.6 Å². The maximum Gasteiger partial charge on any atom is 0.124 e. The zero-order valence-electron chi connectivity index (χ0n) is 11.9. The van der Waals surface area contributed by atoms with Gasteiger partial charge in [-0.15, -0.1) is 0 Å². The quantitative estimate of drug-likeness (QED) is 0.893. The van der Waals surface area contributed by atoms with E-state index in [4.69, 9.17) is 10.5 Å². The number of halogens is 1. The summed E-state index contributed by atoms with van der Waals surface area (Å²) in [6.07, 6.45) is 6.59. The van der Waals surface area contributed by atoms with Gasteiger partial charge in [0.15, 0.2) is 0 Å². The van der Waals surface area contributed by atoms with Crippen LogP contribution in [-0.2, 0) is 5.54 Å². The monoisotopic (exact) mass is 265 g/mol. The van der Waals surface area contributed by atoms with E-state index in [0.29, 0.717) is 5.75 Å². The summed E-state index contributed by atoms with van der Waals surface area (Å²) in [5.41, 5.74) is 6.93. The molecular weight excluding hydrogens is 241 g/mol. The predicted molar refractivity (Wildman–Crippen MR) is 75.7 cm³/mol. The van der Waals surface area contributed by atoms with E-state index in [0.717, 1.165) is 37.2 Å². The molecule has 2 N–H and O–H groups in total. The van der Waals surface area contributed by atoms with Gasteiger partial charge in [0.25, 0.3) is 0 Å². The molecule has 1 saturated carbocycles. The van der Waals surface area contributed by atoms with Gasteiger partial charge in [0, 0.05) is 11.1 Å². The van der Waals surface area contributed by atoms with Crippen molar-refractivity contribution in [3.63, 3.8) is 0 Å². The Morgan fingerprint density at radius 2 is 2.05 bits per heavy atom. The lowest BCUT2D eigenvalue weighted by atomic mass is 9.72. The van der Waals surface area contributed by atoms with Crippen molar-refractivity contribution < 1.29 is 9.13 Å². The van der Waals surface area contributed by atoms with Gasteiger partial charge < -0.3 is 10.5 Å². The molecule has 0 heterocycles. The Morgan fingerprint density at radius 3 is 2.63 bits per heavy atom. The van der Waals surface area contributed by atoms with Crippen LogP contribution >= 0.6 is 0 Å². The molecule has 0 saturated heterocycles. The molecule has 0 unspecified atom stereocenters. The van der Waals surface area contributed by atoms with Crippen molar-refractivity contribution >= 4 is 0 Å². The lowest BCUT2D eigenvalue weighted by Gasteiger charge is -2.38. The highest BCUT2D eigenvalue weighted by Gasteiger charge is 2.35. The summed E-state index contributed by atoms with van der Waals surface area (Å²) in [4.78, 5) is 0. The molecule has 0 aromatic heterocycles. The maximum atomic E-state index is 13.5. The average Bonchev–Trinajstić information content (AvgIpc) is 2.42. The SMILES string of the molecule is CCCC1CCC(N)(c2cc(F)ccc2OC)CC1. The lowest BCUT2D eigenvalue weighted by Crippen LogP contribution is -2.40. The van der Waals surface area contributed by atoms with E-state index in [2.05, 4.69) is 6.92 Å². The summed E-state index contributed by atoms with van der Waals surface area (Å²) < 4.78 is 18.8. The van der Waals surface area contributed by atoms with Gasteiger partial charge in [0.1, 0.15) is 11.6 Å². The molecule has 1 aliphatic carbocycles. The Morgan fingerprint density at radius 1 is 1.37 bits per heavy atom. The first-order chi connectivity index (χ1) is 9.09. The Balaban J connectivity index is 2.19. The van der Waals surface area contributed by atoms with Crippen LogP contribution in [-0.4, -0.2) is 7.11 Å². The van der Waals surface area contributed by atoms with Crippen molar-refractivity contribution in [2.45, 2.75) is 51.0 Å². The second kappa shape index (κ2) is 5.91. The molecule has 2 rings (SSSR count). The van der Waals surface area contributed by atoms with Gasteiger partial charge in [-0.05, 0) is 49.8 Å². The predicted octanol–water partition coefficient (Wildman–Crippen LogP) is 3.98. The minimum Gasteiger partial charge on any atom is -0.496 e. The molecule has 3 heteroatoms. The van der Waals surface area contributed by atoms with Gasteiger partial charge in [-0.1, -0.05) is 19.8 Å². The highest BCUT2D eigenvalue weighted by Crippen LogP contribution is 2.42. The first kappa shape index (κ1) is 14.3. The Kier molecular flexibility index (Phi) is 4.46. The normalized spacial score (nSPS) is 27.3. The molecule has 0 bridgehead atoms. The van der Waals surface area contributed by atoms with E-state index in [9.17, 15) is 4.39 Å². The van der Waals surface area contributed by atoms with Gasteiger partial charge >= 0.3 is 0 Å². The van der Waals surface area contributed by atoms with E-state index < -0.39 is 5.54 Å². The standard InChI is InChI=1S/C16H24FNO/c1-3-4-12-7-9-16(18,10-8-12)14-11-13(17)5-6-15(14)19-2/h5-6,11-12H,3-4,7-10,18H2,1-2H3. The highest BCUT2D eigenvalue weighted by atomic mass is 19.1. The Hall–Kier alpha value is -1.09. The van der Waals surface area contributed by atoms with Crippen LogP contribution in [0.25, 0.3) is 0 Å². The van der Waals surface area contributed by atoms with Gasteiger partial charge in [0.2, 0.25) is 0 Å². The fourth-order valence-corrected chi connectivity index (χ4v) is 3.23. The molecule has 1 fully saturated rings. The zero-order valence-corrected chi connectivity index (χ0v) is 11.9. The Labute approximate surface area is 115 Å². The first-order valence-corrected chi connectivity index (χ1v) is 7.22. The second-order valence-corrected chi connectivity index (χ2v) is 5.73. The number of hydrogen-bond acceptors (Lipinski definition) is 2. The van der Waals surface area contributed by atoms with Crippen LogP contribution in [0.15, 0.2) is 18.2 Å². The summed E-state index contributed by atoms with van der Waals surface area (Å²) in [7, 11) is 1.61. The van der Waals surface area contributed by atoms with E-state index in [-0.39, 0.29) is 5.82 Å². The van der Waals surface area contributed by atoms with Crippen LogP contribution in [0.3, 0.4) is 0 Å². The number of nitrogens with two attached hydrogens (primary N) is 1. The molecule has 0 amide bonds.